The maximum atomic E-state index is 12.3. The van der Waals surface area contributed by atoms with Gasteiger partial charge < -0.3 is 5.32 Å². The van der Waals surface area contributed by atoms with Gasteiger partial charge in [0.25, 0.3) is 5.56 Å². The molecule has 0 atom stereocenters. The lowest BCUT2D eigenvalue weighted by molar-refractivity contribution is -0.116. The topological polar surface area (TPSA) is 103 Å². The Bertz CT molecular complexity index is 989. The molecule has 1 aromatic carbocycles. The first kappa shape index (κ1) is 18.1. The number of rotatable bonds is 5. The van der Waals surface area contributed by atoms with Crippen molar-refractivity contribution in [2.24, 2.45) is 0 Å². The summed E-state index contributed by atoms with van der Waals surface area (Å²) >= 11 is 1.37. The minimum absolute atomic E-state index is 0.101. The molecule has 0 fully saturated rings. The first-order valence-corrected chi connectivity index (χ1v) is 9.12. The molecule has 1 amide bonds. The van der Waals surface area contributed by atoms with Crippen molar-refractivity contribution >= 4 is 33.3 Å². The van der Waals surface area contributed by atoms with E-state index in [1.54, 1.807) is 18.2 Å². The summed E-state index contributed by atoms with van der Waals surface area (Å²) in [6, 6.07) is 7.06. The van der Waals surface area contributed by atoms with Crippen LogP contribution >= 0.6 is 11.3 Å². The zero-order chi connectivity index (χ0) is 18.7. The molecule has 0 spiro atoms. The van der Waals surface area contributed by atoms with Gasteiger partial charge in [0.2, 0.25) is 11.0 Å². The quantitative estimate of drug-likeness (QED) is 0.737. The summed E-state index contributed by atoms with van der Waals surface area (Å²) in [4.78, 5) is 24.4. The number of benzene rings is 1. The van der Waals surface area contributed by atoms with E-state index in [0.29, 0.717) is 29.0 Å². The summed E-state index contributed by atoms with van der Waals surface area (Å²) in [5, 5.41) is 20.7. The number of amides is 1. The molecule has 0 aliphatic rings. The fourth-order valence-electron chi connectivity index (χ4n) is 2.32. The third kappa shape index (κ3) is 4.10. The van der Waals surface area contributed by atoms with Gasteiger partial charge in [-0.05, 0) is 18.6 Å². The molecule has 2 heterocycles. The van der Waals surface area contributed by atoms with Gasteiger partial charge >= 0.3 is 0 Å². The van der Waals surface area contributed by atoms with E-state index in [1.807, 2.05) is 26.8 Å². The number of carbonyl (C=O) groups excluding carboxylic acids is 1. The maximum absolute atomic E-state index is 12.3. The third-order valence-corrected chi connectivity index (χ3v) is 4.98. The van der Waals surface area contributed by atoms with Crippen molar-refractivity contribution in [2.45, 2.75) is 45.6 Å². The van der Waals surface area contributed by atoms with Gasteiger partial charge in [-0.3, -0.25) is 9.59 Å². The number of hydrogen-bond donors (Lipinski definition) is 1. The first-order chi connectivity index (χ1) is 12.3. The van der Waals surface area contributed by atoms with Gasteiger partial charge in [-0.15, -0.1) is 15.3 Å². The molecule has 26 heavy (non-hydrogen) atoms. The van der Waals surface area contributed by atoms with Crippen LogP contribution in [0, 0.1) is 0 Å². The molecule has 136 valence electrons. The average molecular weight is 372 g/mol. The van der Waals surface area contributed by atoms with Crippen LogP contribution in [0.5, 0.6) is 0 Å². The lowest BCUT2D eigenvalue weighted by Gasteiger charge is -2.12. The van der Waals surface area contributed by atoms with Gasteiger partial charge in [0.05, 0.1) is 5.39 Å². The molecule has 0 radical (unpaired) electrons. The summed E-state index contributed by atoms with van der Waals surface area (Å²) in [6.07, 6.45) is 0.731. The fourth-order valence-corrected chi connectivity index (χ4v) is 3.14. The van der Waals surface area contributed by atoms with Gasteiger partial charge in [0.1, 0.15) is 10.5 Å². The second-order valence-electron chi connectivity index (χ2n) is 6.95. The molecule has 0 unspecified atom stereocenters. The molecule has 9 heteroatoms. The van der Waals surface area contributed by atoms with E-state index in [1.165, 1.54) is 16.0 Å². The van der Waals surface area contributed by atoms with Crippen molar-refractivity contribution < 1.29 is 4.79 Å². The van der Waals surface area contributed by atoms with E-state index in [0.717, 1.165) is 5.01 Å². The highest BCUT2D eigenvalue weighted by atomic mass is 32.1. The lowest BCUT2D eigenvalue weighted by atomic mass is 9.98. The van der Waals surface area contributed by atoms with Gasteiger partial charge in [0, 0.05) is 18.4 Å². The Morgan fingerprint density at radius 1 is 1.19 bits per heavy atom. The zero-order valence-electron chi connectivity index (χ0n) is 14.9. The van der Waals surface area contributed by atoms with Crippen LogP contribution in [0.2, 0.25) is 0 Å². The van der Waals surface area contributed by atoms with Crippen LogP contribution < -0.4 is 10.9 Å². The number of aromatic nitrogens is 5. The van der Waals surface area contributed by atoms with E-state index in [-0.39, 0.29) is 23.3 Å². The predicted molar refractivity (Wildman–Crippen MR) is 100 cm³/mol. The molecule has 3 aromatic rings. The minimum atomic E-state index is -0.199. The number of hydrogen-bond acceptors (Lipinski definition) is 7. The Balaban J connectivity index is 1.56. The normalized spacial score (nSPS) is 11.7. The molecule has 2 aromatic heterocycles. The number of aryl methyl sites for hydroxylation is 1. The van der Waals surface area contributed by atoms with Crippen molar-refractivity contribution in [1.29, 1.82) is 0 Å². The molecule has 0 saturated heterocycles. The number of anilines is 1. The SMILES string of the molecule is CC(C)(C)c1nnc(NC(=O)CCCn2nnc3ccccc3c2=O)s1. The predicted octanol–water partition coefficient (Wildman–Crippen LogP) is 2.36. The zero-order valence-corrected chi connectivity index (χ0v) is 15.7. The molecule has 1 N–H and O–H groups in total. The highest BCUT2D eigenvalue weighted by Gasteiger charge is 2.20. The second kappa shape index (κ2) is 7.28. The Morgan fingerprint density at radius 3 is 2.69 bits per heavy atom. The Morgan fingerprint density at radius 2 is 1.96 bits per heavy atom. The van der Waals surface area contributed by atoms with Crippen molar-refractivity contribution in [1.82, 2.24) is 25.2 Å². The third-order valence-electron chi connectivity index (χ3n) is 3.72. The van der Waals surface area contributed by atoms with Gasteiger partial charge in [-0.1, -0.05) is 49.5 Å². The van der Waals surface area contributed by atoms with Crippen LogP contribution in [0.1, 0.15) is 38.6 Å². The minimum Gasteiger partial charge on any atom is -0.301 e. The average Bonchev–Trinajstić information content (AvgIpc) is 3.06. The summed E-state index contributed by atoms with van der Waals surface area (Å²) in [5.41, 5.74) is 0.267. The number of nitrogens with one attached hydrogen (secondary N) is 1. The van der Waals surface area contributed by atoms with Crippen molar-refractivity contribution in [3.63, 3.8) is 0 Å². The van der Waals surface area contributed by atoms with E-state index >= 15 is 0 Å². The van der Waals surface area contributed by atoms with Gasteiger partial charge in [-0.2, -0.15) is 0 Å². The molecule has 0 bridgehead atoms. The number of nitrogens with zero attached hydrogens (tertiary/aromatic N) is 5. The summed E-state index contributed by atoms with van der Waals surface area (Å²) < 4.78 is 1.29. The highest BCUT2D eigenvalue weighted by Crippen LogP contribution is 2.27. The largest absolute Gasteiger partial charge is 0.301 e. The molecule has 0 saturated carbocycles. The van der Waals surface area contributed by atoms with Crippen LogP contribution in [-0.2, 0) is 16.8 Å². The summed E-state index contributed by atoms with van der Waals surface area (Å²) in [6.45, 7) is 6.46. The van der Waals surface area contributed by atoms with Crippen LogP contribution in [-0.4, -0.2) is 31.1 Å². The lowest BCUT2D eigenvalue weighted by Crippen LogP contribution is -2.25. The van der Waals surface area contributed by atoms with Crippen LogP contribution in [0.3, 0.4) is 0 Å². The molecule has 0 aliphatic carbocycles. The second-order valence-corrected chi connectivity index (χ2v) is 7.93. The summed E-state index contributed by atoms with van der Waals surface area (Å²) in [7, 11) is 0. The first-order valence-electron chi connectivity index (χ1n) is 8.31. The van der Waals surface area contributed by atoms with Crippen LogP contribution in [0.4, 0.5) is 5.13 Å². The fraction of sp³-hybridized carbons (Fsp3) is 0.412. The molecular formula is C17H20N6O2S. The highest BCUT2D eigenvalue weighted by molar-refractivity contribution is 7.15. The molecule has 3 rings (SSSR count). The van der Waals surface area contributed by atoms with Crippen LogP contribution in [0.15, 0.2) is 29.1 Å². The number of carbonyl (C=O) groups is 1. The Kier molecular flexibility index (Phi) is 5.08. The Labute approximate surface area is 154 Å². The van der Waals surface area contributed by atoms with Gasteiger partial charge in [0.15, 0.2) is 0 Å². The van der Waals surface area contributed by atoms with Crippen molar-refractivity contribution in [2.75, 3.05) is 5.32 Å². The van der Waals surface area contributed by atoms with Gasteiger partial charge in [-0.25, -0.2) is 4.68 Å². The van der Waals surface area contributed by atoms with Crippen LogP contribution in [0.25, 0.3) is 10.9 Å². The van der Waals surface area contributed by atoms with Crippen molar-refractivity contribution in [3.05, 3.63) is 39.6 Å². The van der Waals surface area contributed by atoms with E-state index in [9.17, 15) is 9.59 Å². The van der Waals surface area contributed by atoms with E-state index < -0.39 is 0 Å². The molecular weight excluding hydrogens is 352 g/mol. The number of fused-ring (bicyclic) bond motifs is 1. The van der Waals surface area contributed by atoms with Crippen molar-refractivity contribution in [3.8, 4) is 0 Å². The maximum Gasteiger partial charge on any atom is 0.277 e. The standard InChI is InChI=1S/C17H20N6O2S/c1-17(2,3)15-20-21-16(26-15)18-13(24)9-6-10-23-14(25)11-7-4-5-8-12(11)19-22-23/h4-5,7-8H,6,9-10H2,1-3H3,(H,18,21,24). The van der Waals surface area contributed by atoms with E-state index in [4.69, 9.17) is 0 Å². The smallest absolute Gasteiger partial charge is 0.277 e. The molecule has 0 aliphatic heterocycles. The van der Waals surface area contributed by atoms with E-state index in [2.05, 4.69) is 25.8 Å². The Hall–Kier alpha value is -2.68. The molecule has 8 nitrogen and oxygen atoms in total. The summed E-state index contributed by atoms with van der Waals surface area (Å²) in [5.74, 6) is -0.164. The monoisotopic (exact) mass is 372 g/mol.